The predicted octanol–water partition coefficient (Wildman–Crippen LogP) is 9.18. The quantitative estimate of drug-likeness (QED) is 0.0388. The largest absolute Gasteiger partial charge is 0.478 e. The minimum atomic E-state index is -4.07. The van der Waals surface area contributed by atoms with Crippen molar-refractivity contribution >= 4 is 88.9 Å². The first-order valence-corrected chi connectivity index (χ1v) is 30.3. The van der Waals surface area contributed by atoms with Gasteiger partial charge in [0.1, 0.15) is 21.4 Å². The number of anilines is 1. The van der Waals surface area contributed by atoms with Crippen LogP contribution in [0.5, 0.6) is 0 Å². The first-order valence-electron chi connectivity index (χ1n) is 26.5. The van der Waals surface area contributed by atoms with Crippen molar-refractivity contribution < 1.29 is 50.5 Å². The SMILES string of the molecule is CCCc1nc2c(C)cc(-c3nc4ccccc4n3C)cc2n1Cc1ccc(-c2ccccc2C(=O)O)cc1.CCOC(=O)C1=C(COCCN)NC(C)=C(C(=O)OC)C1c1ccccc1Cl.NS(=O)(=O)c1cc2c(cc1Cl)NCNS2(=O)=O. The lowest BCUT2D eigenvalue weighted by Gasteiger charge is -2.31. The maximum absolute atomic E-state index is 12.9. The van der Waals surface area contributed by atoms with Crippen LogP contribution in [0.15, 0.2) is 154 Å². The number of hydrogen-bond acceptors (Lipinski definition) is 15. The molecular weight excluding hydrogens is 1160 g/mol. The molecule has 0 spiro atoms. The van der Waals surface area contributed by atoms with E-state index in [-0.39, 0.29) is 41.1 Å². The number of halogens is 2. The first kappa shape index (κ1) is 62.1. The molecule has 0 aliphatic carbocycles. The van der Waals surface area contributed by atoms with Crippen molar-refractivity contribution in [2.75, 3.05) is 45.5 Å². The number of nitrogens with two attached hydrogens (primary N) is 2. The highest BCUT2D eigenvalue weighted by Gasteiger charge is 2.40. The normalized spacial score (nSPS) is 14.6. The van der Waals surface area contributed by atoms with Crippen LogP contribution >= 0.6 is 23.2 Å². The number of allylic oxidation sites excluding steroid dienone is 1. The second kappa shape index (κ2) is 26.8. The van der Waals surface area contributed by atoms with Gasteiger partial charge in [0.2, 0.25) is 20.0 Å². The number of nitrogens with zero attached hydrogens (tertiary/aromatic N) is 4. The summed E-state index contributed by atoms with van der Waals surface area (Å²) in [6.07, 6.45) is 1.89. The van der Waals surface area contributed by atoms with Crippen LogP contribution in [0.3, 0.4) is 0 Å². The van der Waals surface area contributed by atoms with Crippen molar-refractivity contribution in [3.8, 4) is 22.5 Å². The number of aromatic nitrogens is 4. The molecule has 2 aromatic heterocycles. The number of methoxy groups -OCH3 is 1. The monoisotopic (exact) mass is 1220 g/mol. The van der Waals surface area contributed by atoms with Gasteiger partial charge in [-0.15, -0.1) is 0 Å². The number of carbonyl (C=O) groups excluding carboxylic acids is 2. The number of ether oxygens (including phenoxy) is 3. The number of para-hydroxylation sites is 2. The molecule has 1 atom stereocenters. The highest BCUT2D eigenvalue weighted by atomic mass is 35.5. The molecule has 8 aromatic rings. The van der Waals surface area contributed by atoms with Crippen molar-refractivity contribution in [1.82, 2.24) is 29.1 Å². The second-order valence-corrected chi connectivity index (χ2v) is 23.5. The van der Waals surface area contributed by atoms with Gasteiger partial charge in [0, 0.05) is 42.8 Å². The van der Waals surface area contributed by atoms with E-state index in [0.29, 0.717) is 52.8 Å². The number of dihydropyridines is 1. The van der Waals surface area contributed by atoms with Gasteiger partial charge in [0.15, 0.2) is 0 Å². The van der Waals surface area contributed by atoms with E-state index in [4.69, 9.17) is 58.3 Å². The highest BCUT2D eigenvalue weighted by Crippen LogP contribution is 2.42. The molecule has 84 heavy (non-hydrogen) atoms. The summed E-state index contributed by atoms with van der Waals surface area (Å²) in [6.45, 7) is 9.41. The number of esters is 2. The van der Waals surface area contributed by atoms with E-state index in [1.54, 1.807) is 50.2 Å². The van der Waals surface area contributed by atoms with Gasteiger partial charge in [-0.2, -0.15) is 4.72 Å². The Kier molecular flexibility index (Phi) is 19.8. The lowest BCUT2D eigenvalue weighted by molar-refractivity contribution is -0.139. The number of aryl methyl sites for hydroxylation is 3. The number of hydrogen-bond donors (Lipinski definition) is 6. The summed E-state index contributed by atoms with van der Waals surface area (Å²) in [7, 11) is -4.45. The molecule has 0 saturated carbocycles. The van der Waals surface area contributed by atoms with Gasteiger partial charge < -0.3 is 44.8 Å². The number of fused-ring (bicyclic) bond motifs is 3. The van der Waals surface area contributed by atoms with Crippen LogP contribution in [0.25, 0.3) is 44.6 Å². The Morgan fingerprint density at radius 1 is 0.845 bits per heavy atom. The van der Waals surface area contributed by atoms with Crippen molar-refractivity contribution in [2.45, 2.75) is 62.8 Å². The second-order valence-electron chi connectivity index (χ2n) is 19.4. The molecule has 0 radical (unpaired) electrons. The topological polar surface area (TPSA) is 291 Å². The molecule has 0 amide bonds. The van der Waals surface area contributed by atoms with Gasteiger partial charge in [0.25, 0.3) is 0 Å². The number of carboxylic acid groups (broad SMARTS) is 1. The Morgan fingerprint density at radius 2 is 1.55 bits per heavy atom. The molecule has 0 fully saturated rings. The van der Waals surface area contributed by atoms with Crippen molar-refractivity contribution in [2.24, 2.45) is 17.9 Å². The standard InChI is InChI=1S/C33H30N4O2.C20H25ClN2O5.C7H8ClN3O4S2/c1-4-9-30-35-31-21(2)18-24(32-34-27-12-7-8-13-28(27)36(32)3)19-29(31)37(30)20-22-14-16-23(17-15-22)25-10-5-6-11-26(25)33(38)39;1-4-28-20(25)18-15(11-27-10-9-22)23-12(2)16(19(24)26-3)17(18)13-7-5-6-8-14(13)21;8-4-1-5-7(2-6(4)16(9,12)13)17(14,15)11-3-10-5/h5-8,10-19H,4,9,20H2,1-3H3,(H,38,39);5-8,17,23H,4,9-11,22H2,1-3H3;1-2,10-11H,3H2,(H2,9,12,13). The Bertz CT molecular complexity index is 4130. The first-order chi connectivity index (χ1) is 40.1. The molecule has 440 valence electrons. The molecule has 24 heteroatoms. The molecule has 0 bridgehead atoms. The summed E-state index contributed by atoms with van der Waals surface area (Å²) in [4.78, 5) is 46.6. The average Bonchev–Trinajstić information content (AvgIpc) is 1.48. The van der Waals surface area contributed by atoms with E-state index in [1.807, 2.05) is 42.5 Å². The number of sulfonamides is 2. The van der Waals surface area contributed by atoms with Gasteiger partial charge in [-0.25, -0.2) is 46.3 Å². The maximum atomic E-state index is 12.9. The third-order valence-corrected chi connectivity index (χ3v) is 17.0. The zero-order valence-corrected chi connectivity index (χ0v) is 50.0. The van der Waals surface area contributed by atoms with Gasteiger partial charge in [-0.1, -0.05) is 103 Å². The van der Waals surface area contributed by atoms with Gasteiger partial charge in [-0.3, -0.25) is 0 Å². The van der Waals surface area contributed by atoms with E-state index < -0.39 is 48.8 Å². The Balaban J connectivity index is 0.000000178. The summed E-state index contributed by atoms with van der Waals surface area (Å²) in [6, 6.07) is 37.1. The fourth-order valence-electron chi connectivity index (χ4n) is 9.99. The number of imidazole rings is 2. The van der Waals surface area contributed by atoms with Crippen molar-refractivity contribution in [3.63, 3.8) is 0 Å². The van der Waals surface area contributed by atoms with E-state index >= 15 is 0 Å². The van der Waals surface area contributed by atoms with E-state index in [1.165, 1.54) is 13.2 Å². The van der Waals surface area contributed by atoms with E-state index in [9.17, 15) is 36.3 Å². The number of carbonyl (C=O) groups is 3. The minimum Gasteiger partial charge on any atom is -0.478 e. The predicted molar refractivity (Wildman–Crippen MR) is 323 cm³/mol. The fraction of sp³-hybridized carbons (Fsp3) is 0.250. The zero-order chi connectivity index (χ0) is 60.6. The Morgan fingerprint density at radius 3 is 2.21 bits per heavy atom. The molecule has 2 aliphatic rings. The molecular formula is C60H63Cl2N9O11S2. The van der Waals surface area contributed by atoms with Crippen molar-refractivity contribution in [1.29, 1.82) is 0 Å². The number of aromatic carboxylic acids is 1. The number of benzene rings is 6. The fourth-order valence-corrected chi connectivity index (χ4v) is 12.5. The van der Waals surface area contributed by atoms with E-state index in [0.717, 1.165) is 80.4 Å². The van der Waals surface area contributed by atoms with Crippen LogP contribution in [0.1, 0.15) is 66.0 Å². The molecule has 6 aromatic carbocycles. The van der Waals surface area contributed by atoms with Crippen LogP contribution in [-0.4, -0.2) is 99.1 Å². The molecule has 10 rings (SSSR count). The van der Waals surface area contributed by atoms with Gasteiger partial charge in [-0.05, 0) is 104 Å². The molecule has 1 unspecified atom stereocenters. The molecule has 20 nitrogen and oxygen atoms in total. The minimum absolute atomic E-state index is 0.0143. The van der Waals surface area contributed by atoms with Crippen LogP contribution in [0, 0.1) is 6.92 Å². The molecule has 0 saturated heterocycles. The summed E-state index contributed by atoms with van der Waals surface area (Å²) >= 11 is 12.1. The van der Waals surface area contributed by atoms with Crippen LogP contribution in [0.4, 0.5) is 5.69 Å². The smallest absolute Gasteiger partial charge is 0.336 e. The number of primary sulfonamides is 1. The number of nitrogens with one attached hydrogen (secondary N) is 3. The molecule has 8 N–H and O–H groups in total. The average molecular weight is 1220 g/mol. The molecule has 4 heterocycles. The summed E-state index contributed by atoms with van der Waals surface area (Å²) in [5.41, 5.74) is 17.4. The van der Waals surface area contributed by atoms with Crippen molar-refractivity contribution in [3.05, 3.63) is 182 Å². The Hall–Kier alpha value is -7.93. The third-order valence-electron chi connectivity index (χ3n) is 13.8. The lowest BCUT2D eigenvalue weighted by atomic mass is 9.80. The van der Waals surface area contributed by atoms with E-state index in [2.05, 4.69) is 75.7 Å². The Labute approximate surface area is 496 Å². The third kappa shape index (κ3) is 13.5. The van der Waals surface area contributed by atoms with Gasteiger partial charge in [0.05, 0.1) is 94.7 Å². The highest BCUT2D eigenvalue weighted by molar-refractivity contribution is 7.90. The summed E-state index contributed by atoms with van der Waals surface area (Å²) in [5, 5.41) is 20.7. The lowest BCUT2D eigenvalue weighted by Crippen LogP contribution is -2.35. The summed E-state index contributed by atoms with van der Waals surface area (Å²) < 4.78 is 68.1. The van der Waals surface area contributed by atoms with Crippen LogP contribution < -0.4 is 26.2 Å². The number of rotatable bonds is 16. The van der Waals surface area contributed by atoms with Crippen LogP contribution in [0.2, 0.25) is 10.0 Å². The maximum Gasteiger partial charge on any atom is 0.336 e. The summed E-state index contributed by atoms with van der Waals surface area (Å²) in [5.74, 6) is -0.780. The number of carboxylic acids is 1. The zero-order valence-electron chi connectivity index (χ0n) is 46.8. The van der Waals surface area contributed by atoms with Crippen LogP contribution in [-0.2, 0) is 63.9 Å². The van der Waals surface area contributed by atoms with Gasteiger partial charge >= 0.3 is 17.9 Å². The molecule has 2 aliphatic heterocycles.